The van der Waals surface area contributed by atoms with Gasteiger partial charge >= 0.3 is 6.36 Å². The van der Waals surface area contributed by atoms with Crippen molar-refractivity contribution >= 4 is 38.8 Å². The third-order valence-electron chi connectivity index (χ3n) is 3.72. The number of alkyl halides is 3. The Bertz CT molecular complexity index is 982. The highest BCUT2D eigenvalue weighted by Crippen LogP contribution is 2.34. The van der Waals surface area contributed by atoms with Crippen LogP contribution < -0.4 is 15.8 Å². The minimum absolute atomic E-state index is 0.299. The van der Waals surface area contributed by atoms with Crippen LogP contribution in [-0.2, 0) is 0 Å². The number of nitrogens with two attached hydrogens (primary N) is 1. The van der Waals surface area contributed by atoms with Gasteiger partial charge in [-0.15, -0.1) is 24.5 Å². The molecule has 0 radical (unpaired) electrons. The number of ether oxygens (including phenoxy) is 1. The topological polar surface area (TPSA) is 77.2 Å². The lowest BCUT2D eigenvalue weighted by molar-refractivity contribution is -0.274. The lowest BCUT2D eigenvalue weighted by Gasteiger charge is -2.09. The minimum Gasteiger partial charge on any atom is -0.406 e. The van der Waals surface area contributed by atoms with Gasteiger partial charge in [-0.3, -0.25) is 4.79 Å². The molecule has 3 N–H and O–H groups in total. The summed E-state index contributed by atoms with van der Waals surface area (Å²) >= 11 is 1.16. The van der Waals surface area contributed by atoms with E-state index in [-0.39, 0.29) is 5.75 Å². The maximum absolute atomic E-state index is 12.5. The molecular formula is C17H14F3N3O2S. The Morgan fingerprint density at radius 3 is 2.50 bits per heavy atom. The van der Waals surface area contributed by atoms with Crippen molar-refractivity contribution in [1.82, 2.24) is 4.98 Å². The van der Waals surface area contributed by atoms with E-state index >= 15 is 0 Å². The monoisotopic (exact) mass is 381 g/mol. The van der Waals surface area contributed by atoms with Crippen LogP contribution in [-0.4, -0.2) is 17.3 Å². The van der Waals surface area contributed by atoms with E-state index in [0.717, 1.165) is 34.7 Å². The number of nitrogens with one attached hydrogen (secondary N) is 1. The van der Waals surface area contributed by atoms with Crippen LogP contribution in [0.2, 0.25) is 0 Å². The van der Waals surface area contributed by atoms with Crippen molar-refractivity contribution in [1.29, 1.82) is 0 Å². The number of aryl methyl sites for hydroxylation is 2. The van der Waals surface area contributed by atoms with Crippen molar-refractivity contribution in [3.05, 3.63) is 46.5 Å². The highest BCUT2D eigenvalue weighted by Gasteiger charge is 2.31. The Morgan fingerprint density at radius 1 is 1.23 bits per heavy atom. The van der Waals surface area contributed by atoms with Gasteiger partial charge in [0.05, 0.1) is 5.69 Å². The summed E-state index contributed by atoms with van der Waals surface area (Å²) in [4.78, 5) is 17.9. The Balaban J connectivity index is 1.82. The van der Waals surface area contributed by atoms with Crippen LogP contribution in [0, 0.1) is 13.8 Å². The average molecular weight is 381 g/mol. The normalized spacial score (nSPS) is 11.6. The molecule has 136 valence electrons. The van der Waals surface area contributed by atoms with Gasteiger partial charge in [0.25, 0.3) is 5.91 Å². The summed E-state index contributed by atoms with van der Waals surface area (Å²) in [7, 11) is 0. The molecule has 5 nitrogen and oxygen atoms in total. The predicted octanol–water partition coefficient (Wildman–Crippen LogP) is 4.65. The number of carbonyl (C=O) groups excluding carboxylic acids is 1. The summed E-state index contributed by atoms with van der Waals surface area (Å²) in [6, 6.07) is 6.74. The number of amides is 1. The molecule has 2 aromatic heterocycles. The Morgan fingerprint density at radius 2 is 1.88 bits per heavy atom. The van der Waals surface area contributed by atoms with Crippen LogP contribution in [0.15, 0.2) is 30.3 Å². The molecule has 0 bridgehead atoms. The second kappa shape index (κ2) is 6.49. The molecule has 3 aromatic rings. The van der Waals surface area contributed by atoms with Gasteiger partial charge in [0.15, 0.2) is 0 Å². The zero-order valence-corrected chi connectivity index (χ0v) is 14.6. The number of fused-ring (bicyclic) bond motifs is 1. The lowest BCUT2D eigenvalue weighted by atomic mass is 10.1. The minimum atomic E-state index is -4.76. The zero-order chi connectivity index (χ0) is 19.1. The van der Waals surface area contributed by atoms with E-state index in [2.05, 4.69) is 15.0 Å². The van der Waals surface area contributed by atoms with Crippen molar-refractivity contribution in [2.75, 3.05) is 11.1 Å². The van der Waals surface area contributed by atoms with Crippen molar-refractivity contribution in [2.45, 2.75) is 20.2 Å². The fourth-order valence-electron chi connectivity index (χ4n) is 2.32. The molecule has 0 aliphatic carbocycles. The Hall–Kier alpha value is -2.81. The molecule has 0 fully saturated rings. The molecular weight excluding hydrogens is 367 g/mol. The first-order valence-corrected chi connectivity index (χ1v) is 8.29. The number of aromatic nitrogens is 1. The van der Waals surface area contributed by atoms with Gasteiger partial charge in [-0.25, -0.2) is 4.98 Å². The van der Waals surface area contributed by atoms with E-state index in [1.54, 1.807) is 0 Å². The van der Waals surface area contributed by atoms with Crippen molar-refractivity contribution in [3.63, 3.8) is 0 Å². The number of rotatable bonds is 3. The Labute approximate surface area is 150 Å². The number of carbonyl (C=O) groups is 1. The zero-order valence-electron chi connectivity index (χ0n) is 13.8. The molecule has 1 aromatic carbocycles. The van der Waals surface area contributed by atoms with Gasteiger partial charge in [0.2, 0.25) is 0 Å². The molecule has 3 rings (SSSR count). The predicted molar refractivity (Wildman–Crippen MR) is 94.6 cm³/mol. The summed E-state index contributed by atoms with van der Waals surface area (Å²) in [5, 5.41) is 3.31. The highest BCUT2D eigenvalue weighted by atomic mass is 32.1. The number of hydrogen-bond acceptors (Lipinski definition) is 5. The standard InChI is InChI=1S/C17H14F3N3O2S/c1-8-7-12-13(21)14(26-16(12)22-9(8)2)15(24)23-10-3-5-11(6-4-10)25-17(18,19)20/h3-7H,21H2,1-2H3,(H,23,24). The van der Waals surface area contributed by atoms with E-state index < -0.39 is 12.3 Å². The van der Waals surface area contributed by atoms with Gasteiger partial charge in [0, 0.05) is 16.8 Å². The average Bonchev–Trinajstić information content (AvgIpc) is 2.85. The first-order valence-electron chi connectivity index (χ1n) is 7.47. The molecule has 2 heterocycles. The van der Waals surface area contributed by atoms with E-state index in [1.807, 2.05) is 19.9 Å². The fourth-order valence-corrected chi connectivity index (χ4v) is 3.34. The van der Waals surface area contributed by atoms with Gasteiger partial charge in [-0.2, -0.15) is 0 Å². The van der Waals surface area contributed by atoms with E-state index in [1.165, 1.54) is 12.1 Å². The molecule has 0 aliphatic rings. The van der Waals surface area contributed by atoms with Crippen molar-refractivity contribution in [3.8, 4) is 5.75 Å². The van der Waals surface area contributed by atoms with E-state index in [0.29, 0.717) is 26.5 Å². The van der Waals surface area contributed by atoms with Gasteiger partial charge in [-0.1, -0.05) is 0 Å². The van der Waals surface area contributed by atoms with E-state index in [4.69, 9.17) is 5.73 Å². The second-order valence-electron chi connectivity index (χ2n) is 5.61. The first kappa shape index (κ1) is 18.0. The van der Waals surface area contributed by atoms with Crippen LogP contribution in [0.3, 0.4) is 0 Å². The molecule has 0 saturated heterocycles. The maximum Gasteiger partial charge on any atom is 0.573 e. The van der Waals surface area contributed by atoms with Gasteiger partial charge in [0.1, 0.15) is 15.5 Å². The summed E-state index contributed by atoms with van der Waals surface area (Å²) < 4.78 is 40.3. The quantitative estimate of drug-likeness (QED) is 0.693. The fraction of sp³-hybridized carbons (Fsp3) is 0.176. The van der Waals surface area contributed by atoms with Crippen LogP contribution in [0.5, 0.6) is 5.75 Å². The molecule has 9 heteroatoms. The molecule has 1 amide bonds. The molecule has 0 aliphatic heterocycles. The summed E-state index contributed by atoms with van der Waals surface area (Å²) in [6.07, 6.45) is -4.76. The molecule has 26 heavy (non-hydrogen) atoms. The number of anilines is 2. The number of benzene rings is 1. The smallest absolute Gasteiger partial charge is 0.406 e. The van der Waals surface area contributed by atoms with Crippen LogP contribution in [0.1, 0.15) is 20.9 Å². The molecule has 0 unspecified atom stereocenters. The SMILES string of the molecule is Cc1cc2c(N)c(C(=O)Nc3ccc(OC(F)(F)F)cc3)sc2nc1C. The number of pyridine rings is 1. The summed E-state index contributed by atoms with van der Waals surface area (Å²) in [6.45, 7) is 3.78. The number of hydrogen-bond donors (Lipinski definition) is 2. The highest BCUT2D eigenvalue weighted by molar-refractivity contribution is 7.21. The molecule has 0 atom stereocenters. The van der Waals surface area contributed by atoms with E-state index in [9.17, 15) is 18.0 Å². The van der Waals surface area contributed by atoms with Crippen molar-refractivity contribution < 1.29 is 22.7 Å². The van der Waals surface area contributed by atoms with Crippen molar-refractivity contribution in [2.24, 2.45) is 0 Å². The number of halogens is 3. The number of nitrogens with zero attached hydrogens (tertiary/aromatic N) is 1. The summed E-state index contributed by atoms with van der Waals surface area (Å²) in [5.74, 6) is -0.822. The second-order valence-corrected chi connectivity index (χ2v) is 6.61. The van der Waals surface area contributed by atoms with Crippen LogP contribution >= 0.6 is 11.3 Å². The number of thiophene rings is 1. The maximum atomic E-state index is 12.5. The lowest BCUT2D eigenvalue weighted by Crippen LogP contribution is -2.17. The summed E-state index contributed by atoms with van der Waals surface area (Å²) in [5.41, 5.74) is 8.54. The molecule has 0 saturated carbocycles. The van der Waals surface area contributed by atoms with Crippen LogP contribution in [0.25, 0.3) is 10.2 Å². The third-order valence-corrected chi connectivity index (χ3v) is 4.83. The first-order chi connectivity index (χ1) is 12.1. The van der Waals surface area contributed by atoms with Gasteiger partial charge in [-0.05, 0) is 49.7 Å². The van der Waals surface area contributed by atoms with Gasteiger partial charge < -0.3 is 15.8 Å². The third kappa shape index (κ3) is 3.72. The molecule has 0 spiro atoms. The largest absolute Gasteiger partial charge is 0.573 e. The number of nitrogen functional groups attached to an aromatic ring is 1. The Kier molecular flexibility index (Phi) is 4.49. The van der Waals surface area contributed by atoms with Crippen LogP contribution in [0.4, 0.5) is 24.5 Å².